The molecule has 9 heteroatoms. The van der Waals surface area contributed by atoms with E-state index >= 15 is 0 Å². The van der Waals surface area contributed by atoms with Crippen molar-refractivity contribution in [3.05, 3.63) is 79.0 Å². The van der Waals surface area contributed by atoms with Crippen molar-refractivity contribution in [1.29, 1.82) is 0 Å². The van der Waals surface area contributed by atoms with Gasteiger partial charge in [-0.3, -0.25) is 9.59 Å². The first-order valence-corrected chi connectivity index (χ1v) is 14.4. The third kappa shape index (κ3) is 4.70. The highest BCUT2D eigenvalue weighted by molar-refractivity contribution is 7.14. The molecule has 39 heavy (non-hydrogen) atoms. The maximum absolute atomic E-state index is 13.7. The van der Waals surface area contributed by atoms with Gasteiger partial charge in [-0.15, -0.1) is 11.3 Å². The molecule has 3 heterocycles. The first kappa shape index (κ1) is 25.6. The number of rotatable bonds is 6. The fraction of sp³-hybridized carbons (Fsp3) is 0.367. The number of anilines is 1. The smallest absolute Gasteiger partial charge is 0.276 e. The summed E-state index contributed by atoms with van der Waals surface area (Å²) in [6, 6.07) is 7.34. The molecule has 1 amide bonds. The van der Waals surface area contributed by atoms with Crippen LogP contribution in [0.3, 0.4) is 0 Å². The molecule has 6 rings (SSSR count). The molecule has 0 saturated heterocycles. The molecular formula is C30H33N5O3S. The summed E-state index contributed by atoms with van der Waals surface area (Å²) in [5.41, 5.74) is 18.1. The predicted molar refractivity (Wildman–Crippen MR) is 156 cm³/mol. The normalized spacial score (nSPS) is 17.8. The lowest BCUT2D eigenvalue weighted by Crippen LogP contribution is -2.37. The summed E-state index contributed by atoms with van der Waals surface area (Å²) >= 11 is 1.65. The number of amides is 1. The van der Waals surface area contributed by atoms with Crippen molar-refractivity contribution in [2.45, 2.75) is 51.6 Å². The van der Waals surface area contributed by atoms with Crippen molar-refractivity contribution < 1.29 is 9.90 Å². The fourth-order valence-corrected chi connectivity index (χ4v) is 7.20. The standard InChI is InChI=1S/C30H33N5O3S/c1-34-15-18(13-24(29(34)37)33-27(32)14-23(31)17-9-10-17)19-6-4-7-25(22(19)16-36)35-12-11-21-20-5-2-3-8-26(20)39-28(21)30(35)38/h4,6-7,13-15,17,36H,2-3,5,8-12,16,31H2,1H3,(H2,32,33)/b23-14-. The van der Waals surface area contributed by atoms with Crippen LogP contribution in [0.2, 0.25) is 0 Å². The van der Waals surface area contributed by atoms with Gasteiger partial charge >= 0.3 is 0 Å². The zero-order valence-electron chi connectivity index (χ0n) is 22.1. The summed E-state index contributed by atoms with van der Waals surface area (Å²) in [4.78, 5) is 35.0. The first-order valence-electron chi connectivity index (χ1n) is 13.6. The summed E-state index contributed by atoms with van der Waals surface area (Å²) in [5.74, 6) is 0.523. The molecule has 1 fully saturated rings. The van der Waals surface area contributed by atoms with Gasteiger partial charge in [0.2, 0.25) is 0 Å². The second-order valence-electron chi connectivity index (χ2n) is 10.7. The minimum absolute atomic E-state index is 0.000984. The minimum Gasteiger partial charge on any atom is -0.402 e. The minimum atomic E-state index is -0.290. The molecule has 1 saturated carbocycles. The second kappa shape index (κ2) is 10.1. The van der Waals surface area contributed by atoms with E-state index in [-0.39, 0.29) is 29.6 Å². The van der Waals surface area contributed by atoms with Crippen LogP contribution in [0.4, 0.5) is 11.4 Å². The van der Waals surface area contributed by atoms with Crippen molar-refractivity contribution >= 4 is 34.5 Å². The van der Waals surface area contributed by atoms with Crippen molar-refractivity contribution in [1.82, 2.24) is 4.57 Å². The number of benzene rings is 1. The van der Waals surface area contributed by atoms with E-state index in [1.54, 1.807) is 41.6 Å². The lowest BCUT2D eigenvalue weighted by atomic mass is 9.91. The number of fused-ring (bicyclic) bond motifs is 3. The number of carbonyl (C=O) groups excluding carboxylic acids is 1. The Hall–Kier alpha value is -3.69. The largest absolute Gasteiger partial charge is 0.402 e. The van der Waals surface area contributed by atoms with E-state index < -0.39 is 0 Å². The molecule has 5 N–H and O–H groups in total. The number of pyridine rings is 1. The summed E-state index contributed by atoms with van der Waals surface area (Å²) < 4.78 is 1.46. The molecule has 0 unspecified atom stereocenters. The highest BCUT2D eigenvalue weighted by Crippen LogP contribution is 2.40. The monoisotopic (exact) mass is 543 g/mol. The molecule has 2 aromatic heterocycles. The van der Waals surface area contributed by atoms with E-state index in [1.165, 1.54) is 33.4 Å². The number of nitrogens with two attached hydrogens (primary N) is 2. The molecule has 0 atom stereocenters. The van der Waals surface area contributed by atoms with Crippen molar-refractivity contribution in [2.75, 3.05) is 11.4 Å². The topological polar surface area (TPSA) is 127 Å². The highest BCUT2D eigenvalue weighted by Gasteiger charge is 2.33. The van der Waals surface area contributed by atoms with E-state index in [4.69, 9.17) is 11.5 Å². The number of nitrogens with zero attached hydrogens (tertiary/aromatic N) is 3. The zero-order chi connectivity index (χ0) is 27.3. The third-order valence-electron chi connectivity index (χ3n) is 7.99. The molecule has 8 nitrogen and oxygen atoms in total. The maximum Gasteiger partial charge on any atom is 0.276 e. The van der Waals surface area contributed by atoms with Gasteiger partial charge in [0, 0.05) is 41.5 Å². The average molecular weight is 544 g/mol. The predicted octanol–water partition coefficient (Wildman–Crippen LogP) is 3.93. The highest BCUT2D eigenvalue weighted by atomic mass is 32.1. The molecule has 202 valence electrons. The van der Waals surface area contributed by atoms with Crippen molar-refractivity contribution in [2.24, 2.45) is 29.4 Å². The number of allylic oxidation sites excluding steroid dienone is 1. The Morgan fingerprint density at radius 1 is 1.15 bits per heavy atom. The Morgan fingerprint density at radius 2 is 1.95 bits per heavy atom. The zero-order valence-corrected chi connectivity index (χ0v) is 22.9. The van der Waals surface area contributed by atoms with Gasteiger partial charge < -0.3 is 26.0 Å². The molecule has 1 aliphatic heterocycles. The molecule has 0 radical (unpaired) electrons. The number of amidine groups is 1. The lowest BCUT2D eigenvalue weighted by molar-refractivity contribution is 0.0984. The molecule has 1 aromatic carbocycles. The van der Waals surface area contributed by atoms with Gasteiger partial charge in [-0.05, 0) is 85.8 Å². The molecule has 0 bridgehead atoms. The number of aromatic nitrogens is 1. The summed E-state index contributed by atoms with van der Waals surface area (Å²) in [5, 5.41) is 10.5. The van der Waals surface area contributed by atoms with Gasteiger partial charge in [0.25, 0.3) is 11.5 Å². The molecular weight excluding hydrogens is 510 g/mol. The summed E-state index contributed by atoms with van der Waals surface area (Å²) in [6.45, 7) is 0.312. The quantitative estimate of drug-likeness (QED) is 0.321. The number of aliphatic imine (C=N–C) groups is 1. The van der Waals surface area contributed by atoms with Gasteiger partial charge in [0.05, 0.1) is 17.2 Å². The summed E-state index contributed by atoms with van der Waals surface area (Å²) in [6.07, 6.45) is 10.7. The van der Waals surface area contributed by atoms with Crippen LogP contribution in [-0.2, 0) is 32.9 Å². The fourth-order valence-electron chi connectivity index (χ4n) is 5.81. The molecule has 3 aromatic rings. The Bertz CT molecular complexity index is 1590. The van der Waals surface area contributed by atoms with Gasteiger partial charge in [-0.1, -0.05) is 12.1 Å². The van der Waals surface area contributed by atoms with E-state index in [0.29, 0.717) is 35.0 Å². The molecule has 0 spiro atoms. The number of aryl methyl sites for hydroxylation is 2. The van der Waals surface area contributed by atoms with Crippen LogP contribution < -0.4 is 21.9 Å². The number of aliphatic hydroxyl groups excluding tert-OH is 1. The van der Waals surface area contributed by atoms with Crippen LogP contribution >= 0.6 is 11.3 Å². The van der Waals surface area contributed by atoms with Gasteiger partial charge in [0.15, 0.2) is 0 Å². The van der Waals surface area contributed by atoms with Crippen molar-refractivity contribution in [3.63, 3.8) is 0 Å². The van der Waals surface area contributed by atoms with Crippen LogP contribution in [0.25, 0.3) is 11.1 Å². The van der Waals surface area contributed by atoms with Crippen LogP contribution in [0, 0.1) is 5.92 Å². The SMILES string of the molecule is Cn1cc(-c2cccc(N3CCc4c(sc5c4CCCC5)C3=O)c2CO)cc(N=C(N)/C=C(\N)C2CC2)c1=O. The Morgan fingerprint density at radius 3 is 2.72 bits per heavy atom. The van der Waals surface area contributed by atoms with Crippen LogP contribution in [0.5, 0.6) is 0 Å². The third-order valence-corrected chi connectivity index (χ3v) is 9.32. The molecule has 3 aliphatic rings. The van der Waals surface area contributed by atoms with Crippen molar-refractivity contribution in [3.8, 4) is 11.1 Å². The Kier molecular flexibility index (Phi) is 6.64. The number of hydrogen-bond acceptors (Lipinski definition) is 6. The van der Waals surface area contributed by atoms with E-state index in [0.717, 1.165) is 42.5 Å². The lowest BCUT2D eigenvalue weighted by Gasteiger charge is -2.30. The van der Waals surface area contributed by atoms with Gasteiger partial charge in [-0.25, -0.2) is 4.99 Å². The van der Waals surface area contributed by atoms with E-state index in [2.05, 4.69) is 4.99 Å². The summed E-state index contributed by atoms with van der Waals surface area (Å²) in [7, 11) is 1.66. The second-order valence-corrected chi connectivity index (χ2v) is 11.8. The maximum atomic E-state index is 13.7. The van der Waals surface area contributed by atoms with E-state index in [1.807, 2.05) is 18.2 Å². The van der Waals surface area contributed by atoms with E-state index in [9.17, 15) is 14.7 Å². The van der Waals surface area contributed by atoms with Crippen LogP contribution in [0.15, 0.2) is 52.0 Å². The number of hydrogen-bond donors (Lipinski definition) is 3. The van der Waals surface area contributed by atoms with Crippen LogP contribution in [0.1, 0.15) is 56.9 Å². The molecule has 2 aliphatic carbocycles. The van der Waals surface area contributed by atoms with Gasteiger partial charge in [0.1, 0.15) is 11.5 Å². The van der Waals surface area contributed by atoms with Gasteiger partial charge in [-0.2, -0.15) is 0 Å². The first-order chi connectivity index (χ1) is 18.9. The number of thiophene rings is 1. The number of carbonyl (C=O) groups is 1. The van der Waals surface area contributed by atoms with Crippen LogP contribution in [-0.4, -0.2) is 28.0 Å². The average Bonchev–Trinajstić information content (AvgIpc) is 3.72. The Labute approximate surface area is 231 Å². The number of aliphatic hydroxyl groups is 1. The Balaban J connectivity index is 1.38.